The van der Waals surface area contributed by atoms with Crippen molar-refractivity contribution in [1.82, 2.24) is 0 Å². The van der Waals surface area contributed by atoms with Crippen LogP contribution in [0.5, 0.6) is 0 Å². The molecule has 0 atom stereocenters. The molecule has 0 aliphatic heterocycles. The first kappa shape index (κ1) is 16.9. The van der Waals surface area contributed by atoms with Crippen molar-refractivity contribution >= 4 is 23.2 Å². The van der Waals surface area contributed by atoms with Crippen LogP contribution in [0.15, 0.2) is 91.0 Å². The summed E-state index contributed by atoms with van der Waals surface area (Å²) in [6.45, 7) is 4.66. The van der Waals surface area contributed by atoms with Gasteiger partial charge in [-0.25, -0.2) is 0 Å². The SMILES string of the molecule is CC(C)CC[P+](c1ccccc1)(c1ccccc1)c1ccccc1. The van der Waals surface area contributed by atoms with Crippen molar-refractivity contribution in [3.8, 4) is 0 Å². The van der Waals surface area contributed by atoms with Crippen molar-refractivity contribution in [2.24, 2.45) is 5.92 Å². The minimum Gasteiger partial charge on any atom is -0.0626 e. The summed E-state index contributed by atoms with van der Waals surface area (Å²) in [5.74, 6) is 0.709. The van der Waals surface area contributed by atoms with Crippen LogP contribution in [0.3, 0.4) is 0 Å². The second kappa shape index (κ2) is 7.77. The average molecular weight is 333 g/mol. The Balaban J connectivity index is 2.24. The first-order valence-electron chi connectivity index (χ1n) is 8.78. The maximum absolute atomic E-state index is 2.33. The quantitative estimate of drug-likeness (QED) is 0.555. The topological polar surface area (TPSA) is 0 Å². The van der Waals surface area contributed by atoms with Crippen LogP contribution in [-0.2, 0) is 0 Å². The Morgan fingerprint density at radius 2 is 0.917 bits per heavy atom. The van der Waals surface area contributed by atoms with Crippen molar-refractivity contribution in [2.45, 2.75) is 20.3 Å². The fourth-order valence-corrected chi connectivity index (χ4v) is 7.95. The van der Waals surface area contributed by atoms with Gasteiger partial charge in [0.2, 0.25) is 0 Å². The third-order valence-corrected chi connectivity index (χ3v) is 9.10. The van der Waals surface area contributed by atoms with Gasteiger partial charge in [-0.1, -0.05) is 68.4 Å². The fraction of sp³-hybridized carbons (Fsp3) is 0.217. The summed E-state index contributed by atoms with van der Waals surface area (Å²) in [4.78, 5) is 0. The van der Waals surface area contributed by atoms with Crippen molar-refractivity contribution in [1.29, 1.82) is 0 Å². The molecule has 0 saturated heterocycles. The molecule has 3 rings (SSSR count). The van der Waals surface area contributed by atoms with E-state index in [1.165, 1.54) is 28.5 Å². The van der Waals surface area contributed by atoms with Crippen molar-refractivity contribution in [3.05, 3.63) is 91.0 Å². The summed E-state index contributed by atoms with van der Waals surface area (Å²) in [6, 6.07) is 33.4. The second-order valence-electron chi connectivity index (χ2n) is 6.72. The zero-order valence-electron chi connectivity index (χ0n) is 14.6. The Labute approximate surface area is 146 Å². The number of rotatable bonds is 6. The highest BCUT2D eigenvalue weighted by atomic mass is 31.2. The van der Waals surface area contributed by atoms with Gasteiger partial charge >= 0.3 is 0 Å². The van der Waals surface area contributed by atoms with Crippen molar-refractivity contribution in [3.63, 3.8) is 0 Å². The fourth-order valence-electron chi connectivity index (χ4n) is 3.33. The maximum Gasteiger partial charge on any atom is 0.112 e. The average Bonchev–Trinajstić information content (AvgIpc) is 2.65. The van der Waals surface area contributed by atoms with E-state index in [0.717, 1.165) is 0 Å². The largest absolute Gasteiger partial charge is 0.112 e. The molecule has 0 aliphatic carbocycles. The molecular formula is C23H26P+. The first-order valence-corrected chi connectivity index (χ1v) is 10.8. The van der Waals surface area contributed by atoms with E-state index in [1.807, 2.05) is 0 Å². The van der Waals surface area contributed by atoms with Gasteiger partial charge < -0.3 is 0 Å². The summed E-state index contributed by atoms with van der Waals surface area (Å²) < 4.78 is 0. The third kappa shape index (κ3) is 3.45. The van der Waals surface area contributed by atoms with Crippen LogP contribution in [0.1, 0.15) is 20.3 Å². The Morgan fingerprint density at radius 3 is 1.21 bits per heavy atom. The van der Waals surface area contributed by atoms with Crippen LogP contribution in [0.25, 0.3) is 0 Å². The van der Waals surface area contributed by atoms with Gasteiger partial charge in [0.1, 0.15) is 23.2 Å². The van der Waals surface area contributed by atoms with E-state index in [9.17, 15) is 0 Å². The Hall–Kier alpha value is -1.91. The second-order valence-corrected chi connectivity index (χ2v) is 10.3. The molecule has 0 bridgehead atoms. The molecule has 0 heterocycles. The summed E-state index contributed by atoms with van der Waals surface area (Å²) in [5.41, 5.74) is 0. The van der Waals surface area contributed by atoms with E-state index in [-0.39, 0.29) is 0 Å². The van der Waals surface area contributed by atoms with Crippen LogP contribution in [0.2, 0.25) is 0 Å². The molecule has 0 unspecified atom stereocenters. The van der Waals surface area contributed by atoms with Gasteiger partial charge in [-0.05, 0) is 48.7 Å². The van der Waals surface area contributed by atoms with Crippen molar-refractivity contribution in [2.75, 3.05) is 6.16 Å². The van der Waals surface area contributed by atoms with Crippen molar-refractivity contribution < 1.29 is 0 Å². The molecule has 0 aromatic heterocycles. The van der Waals surface area contributed by atoms with Gasteiger partial charge in [-0.15, -0.1) is 0 Å². The lowest BCUT2D eigenvalue weighted by molar-refractivity contribution is 0.630. The summed E-state index contributed by atoms with van der Waals surface area (Å²) in [7, 11) is -1.61. The standard InChI is InChI=1S/C23H26P/c1-20(2)18-19-24(21-12-6-3-7-13-21,22-14-8-4-9-15-22)23-16-10-5-11-17-23/h3-17,20H,18-19H2,1-2H3/q+1. The predicted octanol–water partition coefficient (Wildman–Crippen LogP) is 5.03. The molecule has 0 N–H and O–H groups in total. The minimum absolute atomic E-state index is 0.709. The van der Waals surface area contributed by atoms with Crippen LogP contribution >= 0.6 is 7.26 Å². The highest BCUT2D eigenvalue weighted by Crippen LogP contribution is 2.56. The van der Waals surface area contributed by atoms with Crippen LogP contribution < -0.4 is 15.9 Å². The van der Waals surface area contributed by atoms with Gasteiger partial charge in [0, 0.05) is 0 Å². The molecule has 0 nitrogen and oxygen atoms in total. The molecule has 3 aromatic carbocycles. The molecule has 24 heavy (non-hydrogen) atoms. The van der Waals surface area contributed by atoms with E-state index in [0.29, 0.717) is 5.92 Å². The molecule has 0 spiro atoms. The van der Waals surface area contributed by atoms with Crippen LogP contribution in [-0.4, -0.2) is 6.16 Å². The smallest absolute Gasteiger partial charge is 0.0626 e. The van der Waals surface area contributed by atoms with Gasteiger partial charge in [0.15, 0.2) is 0 Å². The predicted molar refractivity (Wildman–Crippen MR) is 109 cm³/mol. The molecule has 1 heteroatoms. The lowest BCUT2D eigenvalue weighted by Crippen LogP contribution is -2.33. The van der Waals surface area contributed by atoms with Gasteiger partial charge in [0.25, 0.3) is 0 Å². The van der Waals surface area contributed by atoms with Gasteiger partial charge in [0.05, 0.1) is 6.16 Å². The van der Waals surface area contributed by atoms with E-state index in [4.69, 9.17) is 0 Å². The zero-order valence-corrected chi connectivity index (χ0v) is 15.5. The summed E-state index contributed by atoms with van der Waals surface area (Å²) in [6.07, 6.45) is 2.47. The Kier molecular flexibility index (Phi) is 5.48. The summed E-state index contributed by atoms with van der Waals surface area (Å²) >= 11 is 0. The lowest BCUT2D eigenvalue weighted by Gasteiger charge is -2.28. The maximum atomic E-state index is 2.33. The van der Waals surface area contributed by atoms with E-state index in [2.05, 4.69) is 105 Å². The molecular weight excluding hydrogens is 307 g/mol. The van der Waals surface area contributed by atoms with Gasteiger partial charge in [-0.3, -0.25) is 0 Å². The Bertz CT molecular complexity index is 636. The highest BCUT2D eigenvalue weighted by Gasteiger charge is 2.44. The number of benzene rings is 3. The first-order chi connectivity index (χ1) is 11.7. The number of hydrogen-bond acceptors (Lipinski definition) is 0. The van der Waals surface area contributed by atoms with E-state index in [1.54, 1.807) is 0 Å². The molecule has 0 radical (unpaired) electrons. The zero-order chi connectivity index (χ0) is 16.8. The van der Waals surface area contributed by atoms with E-state index >= 15 is 0 Å². The van der Waals surface area contributed by atoms with Crippen LogP contribution in [0, 0.1) is 5.92 Å². The molecule has 122 valence electrons. The molecule has 0 aliphatic rings. The molecule has 3 aromatic rings. The summed E-state index contributed by atoms with van der Waals surface area (Å²) in [5, 5.41) is 4.47. The monoisotopic (exact) mass is 333 g/mol. The normalized spacial score (nSPS) is 11.6. The molecule has 0 fully saturated rings. The van der Waals surface area contributed by atoms with Gasteiger partial charge in [-0.2, -0.15) is 0 Å². The van der Waals surface area contributed by atoms with E-state index < -0.39 is 7.26 Å². The number of hydrogen-bond donors (Lipinski definition) is 0. The molecule has 0 amide bonds. The third-order valence-electron chi connectivity index (χ3n) is 4.63. The lowest BCUT2D eigenvalue weighted by atomic mass is 10.2. The highest BCUT2D eigenvalue weighted by molar-refractivity contribution is 7.95. The molecule has 0 saturated carbocycles. The Morgan fingerprint density at radius 1 is 0.583 bits per heavy atom. The minimum atomic E-state index is -1.61. The van der Waals surface area contributed by atoms with Crippen LogP contribution in [0.4, 0.5) is 0 Å².